The second-order valence-electron chi connectivity index (χ2n) is 5.65. The Morgan fingerprint density at radius 2 is 2.08 bits per heavy atom. The molecule has 24 heavy (non-hydrogen) atoms. The van der Waals surface area contributed by atoms with Crippen molar-refractivity contribution < 1.29 is 9.21 Å². The summed E-state index contributed by atoms with van der Waals surface area (Å²) in [6, 6.07) is 11.7. The Hall–Kier alpha value is -2.66. The first-order valence-electron chi connectivity index (χ1n) is 7.82. The Morgan fingerprint density at radius 1 is 1.21 bits per heavy atom. The van der Waals surface area contributed by atoms with Crippen molar-refractivity contribution >= 4 is 22.8 Å². The predicted molar refractivity (Wildman–Crippen MR) is 94.8 cm³/mol. The molecule has 0 saturated carbocycles. The average molecular weight is 336 g/mol. The van der Waals surface area contributed by atoms with Gasteiger partial charge in [-0.1, -0.05) is 24.3 Å². The van der Waals surface area contributed by atoms with Gasteiger partial charge in [-0.15, -0.1) is 11.3 Å². The van der Waals surface area contributed by atoms with E-state index in [2.05, 4.69) is 28.6 Å². The van der Waals surface area contributed by atoms with E-state index in [1.54, 1.807) is 17.5 Å². The van der Waals surface area contributed by atoms with Crippen LogP contribution in [0.5, 0.6) is 0 Å². The van der Waals surface area contributed by atoms with Crippen molar-refractivity contribution in [3.63, 3.8) is 0 Å². The van der Waals surface area contributed by atoms with E-state index < -0.39 is 0 Å². The number of carbonyl (C=O) groups is 1. The molecule has 2 aromatic heterocycles. The van der Waals surface area contributed by atoms with Crippen LogP contribution in [0.1, 0.15) is 21.7 Å². The summed E-state index contributed by atoms with van der Waals surface area (Å²) in [5.41, 5.74) is 2.96. The molecule has 1 aliphatic rings. The van der Waals surface area contributed by atoms with E-state index in [4.69, 9.17) is 4.42 Å². The number of aromatic nitrogens is 1. The molecule has 1 amide bonds. The number of oxazole rings is 1. The minimum Gasteiger partial charge on any atom is -0.444 e. The normalized spacial score (nSPS) is 14.5. The maximum atomic E-state index is 12.7. The number of carbonyl (C=O) groups excluding carboxylic acids is 1. The Bertz CT molecular complexity index is 849. The fraction of sp³-hybridized carbons (Fsp3) is 0.158. The van der Waals surface area contributed by atoms with Gasteiger partial charge in [0.15, 0.2) is 12.2 Å². The highest BCUT2D eigenvalue weighted by Crippen LogP contribution is 2.27. The zero-order valence-electron chi connectivity index (χ0n) is 13.0. The molecule has 3 aromatic rings. The van der Waals surface area contributed by atoms with Crippen LogP contribution in [0, 0.1) is 0 Å². The summed E-state index contributed by atoms with van der Waals surface area (Å²) in [4.78, 5) is 19.8. The van der Waals surface area contributed by atoms with Gasteiger partial charge in [-0.3, -0.25) is 4.79 Å². The van der Waals surface area contributed by atoms with Crippen molar-refractivity contribution in [2.75, 3.05) is 13.1 Å². The number of benzene rings is 1. The minimum absolute atomic E-state index is 0.0700. The van der Waals surface area contributed by atoms with Crippen LogP contribution in [-0.4, -0.2) is 28.9 Å². The number of amides is 1. The quantitative estimate of drug-likeness (QED) is 0.715. The number of thiophene rings is 1. The zero-order chi connectivity index (χ0) is 16.4. The van der Waals surface area contributed by atoms with Crippen molar-refractivity contribution in [1.29, 1.82) is 0 Å². The topological polar surface area (TPSA) is 46.3 Å². The number of nitrogens with zero attached hydrogens (tertiary/aromatic N) is 2. The fourth-order valence-corrected chi connectivity index (χ4v) is 3.65. The summed E-state index contributed by atoms with van der Waals surface area (Å²) in [5.74, 6) is 0.774. The smallest absolute Gasteiger partial charge is 0.254 e. The summed E-state index contributed by atoms with van der Waals surface area (Å²) in [6.07, 6.45) is 6.14. The van der Waals surface area contributed by atoms with Gasteiger partial charge in [0.05, 0.1) is 6.20 Å². The predicted octanol–water partition coefficient (Wildman–Crippen LogP) is 4.33. The molecule has 0 atom stereocenters. The highest BCUT2D eigenvalue weighted by molar-refractivity contribution is 7.11. The lowest BCUT2D eigenvalue weighted by Crippen LogP contribution is -2.34. The summed E-state index contributed by atoms with van der Waals surface area (Å²) in [5, 5.41) is 2.09. The summed E-state index contributed by atoms with van der Waals surface area (Å²) in [6.45, 7) is 1.42. The Labute approximate surface area is 144 Å². The molecular formula is C19H16N2O2S. The van der Waals surface area contributed by atoms with Gasteiger partial charge in [0.25, 0.3) is 5.91 Å². The third kappa shape index (κ3) is 2.90. The molecule has 1 aliphatic heterocycles. The maximum Gasteiger partial charge on any atom is 0.254 e. The minimum atomic E-state index is 0.0700. The first-order chi connectivity index (χ1) is 11.8. The molecule has 0 N–H and O–H groups in total. The first kappa shape index (κ1) is 14.9. The fourth-order valence-electron chi connectivity index (χ4n) is 2.86. The highest BCUT2D eigenvalue weighted by Gasteiger charge is 2.19. The van der Waals surface area contributed by atoms with Gasteiger partial charge in [-0.2, -0.15) is 0 Å². The van der Waals surface area contributed by atoms with Crippen LogP contribution < -0.4 is 0 Å². The molecule has 120 valence electrons. The molecule has 1 aromatic carbocycles. The van der Waals surface area contributed by atoms with Gasteiger partial charge in [0.2, 0.25) is 0 Å². The van der Waals surface area contributed by atoms with Gasteiger partial charge in [0.1, 0.15) is 0 Å². The Morgan fingerprint density at radius 3 is 2.71 bits per heavy atom. The Kier molecular flexibility index (Phi) is 4.01. The number of hydrogen-bond acceptors (Lipinski definition) is 4. The molecule has 4 nitrogen and oxygen atoms in total. The van der Waals surface area contributed by atoms with Crippen molar-refractivity contribution in [3.8, 4) is 11.3 Å². The summed E-state index contributed by atoms with van der Waals surface area (Å²) >= 11 is 1.75. The monoisotopic (exact) mass is 336 g/mol. The second-order valence-corrected chi connectivity index (χ2v) is 6.60. The van der Waals surface area contributed by atoms with Crippen LogP contribution in [0.2, 0.25) is 0 Å². The van der Waals surface area contributed by atoms with E-state index in [-0.39, 0.29) is 5.91 Å². The molecule has 0 saturated heterocycles. The van der Waals surface area contributed by atoms with Crippen LogP contribution in [0.3, 0.4) is 0 Å². The molecule has 0 bridgehead atoms. The van der Waals surface area contributed by atoms with E-state index >= 15 is 0 Å². The Balaban J connectivity index is 1.47. The SMILES string of the molecule is O=C(c1ccc(-c2cnco2)cc1)N1CC=C(c2cccs2)CC1. The highest BCUT2D eigenvalue weighted by atomic mass is 32.1. The lowest BCUT2D eigenvalue weighted by Gasteiger charge is -2.26. The summed E-state index contributed by atoms with van der Waals surface area (Å²) in [7, 11) is 0. The number of rotatable bonds is 3. The molecule has 5 heteroatoms. The zero-order valence-corrected chi connectivity index (χ0v) is 13.8. The van der Waals surface area contributed by atoms with Crippen LogP contribution in [0.25, 0.3) is 16.9 Å². The molecule has 3 heterocycles. The molecule has 0 unspecified atom stereocenters. The largest absolute Gasteiger partial charge is 0.444 e. The van der Waals surface area contributed by atoms with E-state index in [1.807, 2.05) is 29.2 Å². The molecule has 0 radical (unpaired) electrons. The molecular weight excluding hydrogens is 320 g/mol. The van der Waals surface area contributed by atoms with Gasteiger partial charge >= 0.3 is 0 Å². The van der Waals surface area contributed by atoms with Crippen molar-refractivity contribution in [1.82, 2.24) is 9.88 Å². The standard InChI is InChI=1S/C19H16N2O2S/c22-19(16-5-3-14(4-6-16)17-12-20-13-23-17)21-9-7-15(8-10-21)18-2-1-11-24-18/h1-7,11-13H,8-10H2. The van der Waals surface area contributed by atoms with Gasteiger partial charge in [-0.25, -0.2) is 4.98 Å². The van der Waals surface area contributed by atoms with Crippen molar-refractivity contribution in [3.05, 3.63) is 70.9 Å². The lowest BCUT2D eigenvalue weighted by atomic mass is 10.0. The van der Waals surface area contributed by atoms with Gasteiger partial charge < -0.3 is 9.32 Å². The first-order valence-corrected chi connectivity index (χ1v) is 8.70. The molecule has 4 rings (SSSR count). The van der Waals surface area contributed by atoms with E-state index in [9.17, 15) is 4.79 Å². The molecule has 0 aliphatic carbocycles. The maximum absolute atomic E-state index is 12.7. The third-order valence-electron chi connectivity index (χ3n) is 4.18. The van der Waals surface area contributed by atoms with E-state index in [0.717, 1.165) is 18.5 Å². The third-order valence-corrected chi connectivity index (χ3v) is 5.13. The number of hydrogen-bond donors (Lipinski definition) is 0. The van der Waals surface area contributed by atoms with E-state index in [0.29, 0.717) is 17.9 Å². The van der Waals surface area contributed by atoms with Gasteiger partial charge in [-0.05, 0) is 35.6 Å². The van der Waals surface area contributed by atoms with Crippen molar-refractivity contribution in [2.24, 2.45) is 0 Å². The van der Waals surface area contributed by atoms with Crippen LogP contribution in [0.4, 0.5) is 0 Å². The van der Waals surface area contributed by atoms with Crippen LogP contribution in [-0.2, 0) is 0 Å². The second kappa shape index (κ2) is 6.45. The van der Waals surface area contributed by atoms with Crippen LogP contribution in [0.15, 0.2) is 64.9 Å². The van der Waals surface area contributed by atoms with E-state index in [1.165, 1.54) is 16.8 Å². The molecule has 0 spiro atoms. The molecule has 0 fully saturated rings. The average Bonchev–Trinajstić information content (AvgIpc) is 3.35. The lowest BCUT2D eigenvalue weighted by molar-refractivity contribution is 0.0773. The van der Waals surface area contributed by atoms with Crippen molar-refractivity contribution in [2.45, 2.75) is 6.42 Å². The van der Waals surface area contributed by atoms with Crippen LogP contribution >= 0.6 is 11.3 Å². The summed E-state index contributed by atoms with van der Waals surface area (Å²) < 4.78 is 5.27. The van der Waals surface area contributed by atoms with Gasteiger partial charge in [0, 0.05) is 29.1 Å².